The molecular formula is C12H18N2O5. The lowest BCUT2D eigenvalue weighted by molar-refractivity contribution is -0.157. The minimum absolute atomic E-state index is 0.313. The summed E-state index contributed by atoms with van der Waals surface area (Å²) in [5.74, 6) is -1.88. The maximum Gasteiger partial charge on any atom is 0.332 e. The van der Waals surface area contributed by atoms with Crippen molar-refractivity contribution >= 4 is 17.8 Å². The summed E-state index contributed by atoms with van der Waals surface area (Å²) in [6.07, 6.45) is 1.26. The van der Waals surface area contributed by atoms with Gasteiger partial charge in [-0.25, -0.2) is 4.79 Å². The summed E-state index contributed by atoms with van der Waals surface area (Å²) in [6, 6.07) is -0.589. The van der Waals surface area contributed by atoms with Crippen molar-refractivity contribution in [3.05, 3.63) is 0 Å². The molecule has 3 N–H and O–H groups in total. The molecule has 2 aliphatic rings. The second kappa shape index (κ2) is 5.56. The lowest BCUT2D eigenvalue weighted by Gasteiger charge is -2.35. The van der Waals surface area contributed by atoms with Crippen molar-refractivity contribution in [3.8, 4) is 0 Å². The first-order chi connectivity index (χ1) is 9.00. The Morgan fingerprint density at radius 2 is 1.79 bits per heavy atom. The van der Waals surface area contributed by atoms with Crippen molar-refractivity contribution in [2.75, 3.05) is 6.54 Å². The molecule has 3 unspecified atom stereocenters. The Kier molecular flexibility index (Phi) is 4.04. The summed E-state index contributed by atoms with van der Waals surface area (Å²) >= 11 is 0. The minimum atomic E-state index is -1.06. The van der Waals surface area contributed by atoms with E-state index in [0.717, 1.165) is 12.8 Å². The third-order valence-corrected chi connectivity index (χ3v) is 3.68. The molecule has 2 fully saturated rings. The van der Waals surface area contributed by atoms with Gasteiger partial charge >= 0.3 is 5.97 Å². The fourth-order valence-electron chi connectivity index (χ4n) is 2.68. The Morgan fingerprint density at radius 1 is 1.11 bits per heavy atom. The zero-order valence-electron chi connectivity index (χ0n) is 10.6. The average molecular weight is 270 g/mol. The molecule has 2 heterocycles. The number of nitrogens with two attached hydrogens (primary N) is 1. The maximum atomic E-state index is 12.3. The van der Waals surface area contributed by atoms with Gasteiger partial charge in [-0.05, 0) is 32.1 Å². The average Bonchev–Trinajstić information content (AvgIpc) is 2.87. The molecule has 3 atom stereocenters. The van der Waals surface area contributed by atoms with Gasteiger partial charge in [-0.2, -0.15) is 0 Å². The van der Waals surface area contributed by atoms with Gasteiger partial charge in [0.25, 0.3) is 5.91 Å². The molecule has 0 spiro atoms. The molecular weight excluding hydrogens is 252 g/mol. The van der Waals surface area contributed by atoms with Gasteiger partial charge in [-0.15, -0.1) is 0 Å². The number of likely N-dealkylation sites (tertiary alicyclic amines) is 1. The smallest absolute Gasteiger partial charge is 0.332 e. The molecule has 106 valence electrons. The molecule has 0 aliphatic carbocycles. The SMILES string of the molecule is NC(=O)C1CCCCN1C(=O)C1CCC(C(=O)O)O1. The Bertz CT molecular complexity index is 398. The van der Waals surface area contributed by atoms with Crippen molar-refractivity contribution in [1.82, 2.24) is 4.90 Å². The predicted octanol–water partition coefficient (Wildman–Crippen LogP) is -0.515. The van der Waals surface area contributed by atoms with Gasteiger partial charge in [0.05, 0.1) is 0 Å². The molecule has 0 aromatic heterocycles. The normalized spacial score (nSPS) is 31.2. The molecule has 0 aromatic carbocycles. The molecule has 2 rings (SSSR count). The summed E-state index contributed by atoms with van der Waals surface area (Å²) < 4.78 is 5.22. The van der Waals surface area contributed by atoms with Crippen LogP contribution in [-0.4, -0.2) is 52.6 Å². The predicted molar refractivity (Wildman–Crippen MR) is 64.1 cm³/mol. The van der Waals surface area contributed by atoms with Crippen LogP contribution in [0.4, 0.5) is 0 Å². The Morgan fingerprint density at radius 3 is 2.37 bits per heavy atom. The molecule has 2 aliphatic heterocycles. The molecule has 0 aromatic rings. The van der Waals surface area contributed by atoms with Gasteiger partial charge in [0, 0.05) is 6.54 Å². The number of piperidine rings is 1. The standard InChI is InChI=1S/C12H18N2O5/c13-10(15)7-3-1-2-6-14(7)11(16)8-4-5-9(19-8)12(17)18/h7-9H,1-6H2,(H2,13,15)(H,17,18). The lowest BCUT2D eigenvalue weighted by Crippen LogP contribution is -2.53. The number of ether oxygens (including phenoxy) is 1. The third kappa shape index (κ3) is 2.86. The first-order valence-electron chi connectivity index (χ1n) is 6.48. The van der Waals surface area contributed by atoms with Crippen LogP contribution in [0, 0.1) is 0 Å². The first kappa shape index (κ1) is 13.8. The highest BCUT2D eigenvalue weighted by Crippen LogP contribution is 2.25. The van der Waals surface area contributed by atoms with Gasteiger partial charge in [-0.1, -0.05) is 0 Å². The van der Waals surface area contributed by atoms with E-state index in [1.807, 2.05) is 0 Å². The zero-order valence-corrected chi connectivity index (χ0v) is 10.6. The minimum Gasteiger partial charge on any atom is -0.479 e. The number of rotatable bonds is 3. The number of aliphatic carboxylic acids is 1. The number of hydrogen-bond donors (Lipinski definition) is 2. The van der Waals surface area contributed by atoms with Crippen LogP contribution in [0.1, 0.15) is 32.1 Å². The second-order valence-electron chi connectivity index (χ2n) is 4.97. The van der Waals surface area contributed by atoms with Crippen molar-refractivity contribution in [2.24, 2.45) is 5.73 Å². The Balaban J connectivity index is 2.02. The second-order valence-corrected chi connectivity index (χ2v) is 4.97. The maximum absolute atomic E-state index is 12.3. The van der Waals surface area contributed by atoms with E-state index >= 15 is 0 Å². The van der Waals surface area contributed by atoms with E-state index in [2.05, 4.69) is 0 Å². The van der Waals surface area contributed by atoms with Gasteiger partial charge in [0.1, 0.15) is 12.1 Å². The van der Waals surface area contributed by atoms with Gasteiger partial charge in [0.15, 0.2) is 6.10 Å². The van der Waals surface area contributed by atoms with Crippen molar-refractivity contribution in [3.63, 3.8) is 0 Å². The molecule has 0 bridgehead atoms. The van der Waals surface area contributed by atoms with Crippen LogP contribution in [0.3, 0.4) is 0 Å². The van der Waals surface area contributed by atoms with Crippen molar-refractivity contribution in [1.29, 1.82) is 0 Å². The lowest BCUT2D eigenvalue weighted by atomic mass is 10.0. The number of carbonyl (C=O) groups is 3. The van der Waals surface area contributed by atoms with Gasteiger partial charge in [-0.3, -0.25) is 9.59 Å². The van der Waals surface area contributed by atoms with E-state index in [4.69, 9.17) is 15.6 Å². The molecule has 7 heteroatoms. The quantitative estimate of drug-likeness (QED) is 0.717. The van der Waals surface area contributed by atoms with Crippen LogP contribution in [0.2, 0.25) is 0 Å². The van der Waals surface area contributed by atoms with Gasteiger partial charge in [0.2, 0.25) is 5.91 Å². The zero-order chi connectivity index (χ0) is 14.0. The van der Waals surface area contributed by atoms with Crippen LogP contribution in [-0.2, 0) is 19.1 Å². The largest absolute Gasteiger partial charge is 0.479 e. The van der Waals surface area contributed by atoms with E-state index in [1.54, 1.807) is 0 Å². The van der Waals surface area contributed by atoms with Crippen molar-refractivity contribution < 1.29 is 24.2 Å². The molecule has 2 amide bonds. The molecule has 19 heavy (non-hydrogen) atoms. The highest BCUT2D eigenvalue weighted by atomic mass is 16.5. The third-order valence-electron chi connectivity index (χ3n) is 3.68. The summed E-state index contributed by atoms with van der Waals surface area (Å²) in [4.78, 5) is 35.9. The van der Waals surface area contributed by atoms with Crippen LogP contribution in [0.15, 0.2) is 0 Å². The number of primary amides is 1. The van der Waals surface area contributed by atoms with Crippen LogP contribution in [0.25, 0.3) is 0 Å². The van der Waals surface area contributed by atoms with Crippen LogP contribution < -0.4 is 5.73 Å². The van der Waals surface area contributed by atoms with E-state index in [-0.39, 0.29) is 5.91 Å². The summed E-state index contributed by atoms with van der Waals surface area (Å²) in [5, 5.41) is 8.84. The topological polar surface area (TPSA) is 110 Å². The molecule has 0 saturated carbocycles. The van der Waals surface area contributed by atoms with E-state index < -0.39 is 30.1 Å². The van der Waals surface area contributed by atoms with Crippen LogP contribution in [0.5, 0.6) is 0 Å². The van der Waals surface area contributed by atoms with Gasteiger partial charge < -0.3 is 20.5 Å². The fraction of sp³-hybridized carbons (Fsp3) is 0.750. The Labute approximate surface area is 110 Å². The highest BCUT2D eigenvalue weighted by Gasteiger charge is 2.40. The first-order valence-corrected chi connectivity index (χ1v) is 6.48. The van der Waals surface area contributed by atoms with E-state index in [0.29, 0.717) is 25.8 Å². The number of carboxylic acid groups (broad SMARTS) is 1. The van der Waals surface area contributed by atoms with E-state index in [1.165, 1.54) is 4.90 Å². The Hall–Kier alpha value is -1.63. The number of carbonyl (C=O) groups excluding carboxylic acids is 2. The van der Waals surface area contributed by atoms with E-state index in [9.17, 15) is 14.4 Å². The summed E-state index contributed by atoms with van der Waals surface area (Å²) in [7, 11) is 0. The summed E-state index contributed by atoms with van der Waals surface area (Å²) in [5.41, 5.74) is 5.30. The number of nitrogens with zero attached hydrogens (tertiary/aromatic N) is 1. The van der Waals surface area contributed by atoms with Crippen LogP contribution >= 0.6 is 0 Å². The monoisotopic (exact) mass is 270 g/mol. The number of carboxylic acids is 1. The summed E-state index contributed by atoms with van der Waals surface area (Å²) in [6.45, 7) is 0.476. The molecule has 2 saturated heterocycles. The fourth-order valence-corrected chi connectivity index (χ4v) is 2.68. The highest BCUT2D eigenvalue weighted by molar-refractivity contribution is 5.89. The number of amides is 2. The number of hydrogen-bond acceptors (Lipinski definition) is 4. The molecule has 0 radical (unpaired) electrons. The molecule has 7 nitrogen and oxygen atoms in total. The van der Waals surface area contributed by atoms with Crippen molar-refractivity contribution in [2.45, 2.75) is 50.4 Å².